The minimum Gasteiger partial charge on any atom is -1.00 e. The molecule has 0 aromatic heterocycles. The fourth-order valence-corrected chi connectivity index (χ4v) is 0.799. The van der Waals surface area contributed by atoms with E-state index in [1.807, 2.05) is 0 Å². The fraction of sp³-hybridized carbons (Fsp3) is 0.600. The molecule has 1 heterocycles. The summed E-state index contributed by atoms with van der Waals surface area (Å²) in [5.41, 5.74) is 0. The molecule has 11 heavy (non-hydrogen) atoms. The third-order valence-electron chi connectivity index (χ3n) is 1.29. The van der Waals surface area contributed by atoms with Crippen LogP contribution in [0, 0.1) is 0 Å². The van der Waals surface area contributed by atoms with Crippen LogP contribution in [-0.2, 0) is 9.59 Å². The van der Waals surface area contributed by atoms with Gasteiger partial charge in [-0.2, -0.15) is 0 Å². The maximum atomic E-state index is 10.4. The van der Waals surface area contributed by atoms with E-state index in [0.717, 1.165) is 0 Å². The molecule has 0 aromatic rings. The smallest absolute Gasteiger partial charge is 1.00 e. The van der Waals surface area contributed by atoms with Gasteiger partial charge in [0, 0.05) is 6.42 Å². The van der Waals surface area contributed by atoms with Crippen LogP contribution in [0.4, 0.5) is 0 Å². The van der Waals surface area contributed by atoms with Gasteiger partial charge in [-0.3, -0.25) is 4.79 Å². The molecular formula is C5H9NNa2O3. The molecule has 1 saturated heterocycles. The van der Waals surface area contributed by atoms with Crippen molar-refractivity contribution in [2.75, 3.05) is 0 Å². The Morgan fingerprint density at radius 1 is 1.64 bits per heavy atom. The van der Waals surface area contributed by atoms with Gasteiger partial charge in [0.15, 0.2) is 0 Å². The Morgan fingerprint density at radius 3 is 2.36 bits per heavy atom. The molecule has 0 aromatic carbocycles. The van der Waals surface area contributed by atoms with Crippen molar-refractivity contribution in [3.05, 3.63) is 0 Å². The van der Waals surface area contributed by atoms with Crippen molar-refractivity contribution in [3.8, 4) is 0 Å². The maximum Gasteiger partial charge on any atom is 1.00 e. The number of hydrogen-bond donors (Lipinski definition) is 2. The molecule has 1 aliphatic rings. The summed E-state index contributed by atoms with van der Waals surface area (Å²) in [5.74, 6) is -1.11. The van der Waals surface area contributed by atoms with Crippen molar-refractivity contribution in [1.82, 2.24) is 5.32 Å². The molecule has 0 spiro atoms. The molecule has 1 atom stereocenters. The SMILES string of the molecule is O=C1CC[C@@H](C(=O)O)N1.[H-].[H-].[Na+].[Na+]. The number of carboxylic acids is 1. The first kappa shape index (κ1) is 14.5. The van der Waals surface area contributed by atoms with Crippen LogP contribution < -0.4 is 64.4 Å². The molecule has 1 aliphatic heterocycles. The molecule has 1 amide bonds. The number of carbonyl (C=O) groups excluding carboxylic acids is 1. The third-order valence-corrected chi connectivity index (χ3v) is 1.29. The predicted octanol–water partition coefficient (Wildman–Crippen LogP) is -6.42. The van der Waals surface area contributed by atoms with Gasteiger partial charge in [0.25, 0.3) is 0 Å². The number of carbonyl (C=O) groups is 2. The predicted molar refractivity (Wildman–Crippen MR) is 31.0 cm³/mol. The number of aliphatic carboxylic acids is 1. The zero-order valence-electron chi connectivity index (χ0n) is 8.76. The van der Waals surface area contributed by atoms with Crippen molar-refractivity contribution in [2.45, 2.75) is 18.9 Å². The third kappa shape index (κ3) is 4.50. The van der Waals surface area contributed by atoms with E-state index >= 15 is 0 Å². The Bertz CT molecular complexity index is 170. The quantitative estimate of drug-likeness (QED) is 0.391. The summed E-state index contributed by atoms with van der Waals surface area (Å²) in [6.07, 6.45) is 0.769. The molecule has 1 rings (SSSR count). The molecule has 0 aliphatic carbocycles. The number of carboxylic acid groups (broad SMARTS) is 1. The van der Waals surface area contributed by atoms with E-state index < -0.39 is 12.0 Å². The molecule has 0 bridgehead atoms. The van der Waals surface area contributed by atoms with Gasteiger partial charge < -0.3 is 13.3 Å². The Hall–Kier alpha value is 0.940. The molecule has 4 nitrogen and oxygen atoms in total. The van der Waals surface area contributed by atoms with Crippen molar-refractivity contribution < 1.29 is 76.7 Å². The van der Waals surface area contributed by atoms with Gasteiger partial charge in [0.1, 0.15) is 6.04 Å². The standard InChI is InChI=1S/C5H7NO3.2Na.2H/c7-4-2-1-3(6-4)5(8)9;;;;/h3H,1-2H2,(H,6,7)(H,8,9);;;;/q;2*+1;2*-1/t3-;;;;/m0..../s1. The van der Waals surface area contributed by atoms with Gasteiger partial charge in [-0.15, -0.1) is 0 Å². The van der Waals surface area contributed by atoms with Gasteiger partial charge in [-0.1, -0.05) is 0 Å². The fourth-order valence-electron chi connectivity index (χ4n) is 0.799. The molecule has 2 N–H and O–H groups in total. The second-order valence-electron chi connectivity index (χ2n) is 2.00. The molecular weight excluding hydrogens is 168 g/mol. The van der Waals surface area contributed by atoms with Crippen molar-refractivity contribution in [1.29, 1.82) is 0 Å². The zero-order chi connectivity index (χ0) is 6.85. The normalized spacial score (nSPS) is 21.1. The van der Waals surface area contributed by atoms with Gasteiger partial charge in [-0.25, -0.2) is 4.79 Å². The Balaban J connectivity index is -0.000000101. The van der Waals surface area contributed by atoms with Crippen molar-refractivity contribution >= 4 is 11.9 Å². The summed E-state index contributed by atoms with van der Waals surface area (Å²) in [4.78, 5) is 20.5. The first-order valence-electron chi connectivity index (χ1n) is 2.72. The molecule has 1 fully saturated rings. The summed E-state index contributed by atoms with van der Waals surface area (Å²) < 4.78 is 0. The van der Waals surface area contributed by atoms with Crippen LogP contribution in [0.5, 0.6) is 0 Å². The molecule has 0 radical (unpaired) electrons. The second-order valence-corrected chi connectivity index (χ2v) is 2.00. The van der Waals surface area contributed by atoms with Crippen molar-refractivity contribution in [3.63, 3.8) is 0 Å². The van der Waals surface area contributed by atoms with Crippen LogP contribution >= 0.6 is 0 Å². The monoisotopic (exact) mass is 177 g/mol. The minimum absolute atomic E-state index is 0. The minimum atomic E-state index is -0.944. The van der Waals surface area contributed by atoms with E-state index in [9.17, 15) is 9.59 Å². The largest absolute Gasteiger partial charge is 1.00 e. The van der Waals surface area contributed by atoms with Crippen LogP contribution in [0.3, 0.4) is 0 Å². The van der Waals surface area contributed by atoms with Gasteiger partial charge in [-0.05, 0) is 6.42 Å². The van der Waals surface area contributed by atoms with Gasteiger partial charge in [0.2, 0.25) is 5.91 Å². The summed E-state index contributed by atoms with van der Waals surface area (Å²) in [6, 6.07) is -0.641. The Labute approximate surface area is 112 Å². The van der Waals surface area contributed by atoms with Gasteiger partial charge in [0.05, 0.1) is 0 Å². The van der Waals surface area contributed by atoms with Crippen LogP contribution in [0.15, 0.2) is 0 Å². The Morgan fingerprint density at radius 2 is 2.18 bits per heavy atom. The molecule has 6 heteroatoms. The number of hydrogen-bond acceptors (Lipinski definition) is 2. The van der Waals surface area contributed by atoms with E-state index in [0.29, 0.717) is 12.8 Å². The zero-order valence-corrected chi connectivity index (χ0v) is 10.8. The summed E-state index contributed by atoms with van der Waals surface area (Å²) in [5, 5.41) is 10.6. The summed E-state index contributed by atoms with van der Waals surface area (Å²) >= 11 is 0. The first-order valence-corrected chi connectivity index (χ1v) is 2.72. The topological polar surface area (TPSA) is 66.4 Å². The van der Waals surface area contributed by atoms with Crippen LogP contribution in [-0.4, -0.2) is 23.0 Å². The maximum absolute atomic E-state index is 10.4. The van der Waals surface area contributed by atoms with E-state index in [4.69, 9.17) is 5.11 Å². The number of nitrogens with one attached hydrogen (secondary N) is 1. The van der Waals surface area contributed by atoms with Gasteiger partial charge >= 0.3 is 65.1 Å². The van der Waals surface area contributed by atoms with E-state index in [1.165, 1.54) is 0 Å². The molecule has 0 unspecified atom stereocenters. The van der Waals surface area contributed by atoms with E-state index in [-0.39, 0.29) is 67.9 Å². The van der Waals surface area contributed by atoms with Crippen LogP contribution in [0.2, 0.25) is 0 Å². The first-order chi connectivity index (χ1) is 4.20. The number of amides is 1. The molecule has 0 saturated carbocycles. The number of rotatable bonds is 1. The summed E-state index contributed by atoms with van der Waals surface area (Å²) in [6.45, 7) is 0. The Kier molecular flexibility index (Phi) is 8.49. The van der Waals surface area contributed by atoms with Crippen LogP contribution in [0.1, 0.15) is 15.7 Å². The average Bonchev–Trinajstić information content (AvgIpc) is 2.14. The average molecular weight is 177 g/mol. The summed E-state index contributed by atoms with van der Waals surface area (Å²) in [7, 11) is 0. The second kappa shape index (κ2) is 6.46. The van der Waals surface area contributed by atoms with Crippen molar-refractivity contribution in [2.24, 2.45) is 0 Å². The van der Waals surface area contributed by atoms with E-state index in [2.05, 4.69) is 5.32 Å². The van der Waals surface area contributed by atoms with Crippen LogP contribution in [0.25, 0.3) is 0 Å². The van der Waals surface area contributed by atoms with E-state index in [1.54, 1.807) is 0 Å². The molecule has 54 valence electrons.